The third-order valence-corrected chi connectivity index (χ3v) is 4.74. The third kappa shape index (κ3) is 4.68. The van der Waals surface area contributed by atoms with Crippen LogP contribution in [-0.2, 0) is 0 Å². The van der Waals surface area contributed by atoms with E-state index in [1.165, 1.54) is 6.42 Å². The summed E-state index contributed by atoms with van der Waals surface area (Å²) in [6.07, 6.45) is 8.87. The molecule has 1 aliphatic rings. The molecule has 0 aromatic carbocycles. The molecule has 1 aromatic heterocycles. The van der Waals surface area contributed by atoms with Crippen LogP contribution in [0.3, 0.4) is 0 Å². The van der Waals surface area contributed by atoms with E-state index in [9.17, 15) is 9.90 Å². The van der Waals surface area contributed by atoms with E-state index < -0.39 is 5.60 Å². The number of hydrogen-bond acceptors (Lipinski definition) is 3. The molecule has 0 aliphatic heterocycles. The minimum absolute atomic E-state index is 0.256. The van der Waals surface area contributed by atoms with Crippen LogP contribution in [0.4, 0.5) is 10.5 Å². The van der Waals surface area contributed by atoms with E-state index in [0.717, 1.165) is 30.2 Å². The van der Waals surface area contributed by atoms with Gasteiger partial charge in [0.25, 0.3) is 0 Å². The van der Waals surface area contributed by atoms with Crippen LogP contribution in [0, 0.1) is 5.92 Å². The lowest BCUT2D eigenvalue weighted by Gasteiger charge is -2.35. The van der Waals surface area contributed by atoms with Crippen molar-refractivity contribution in [2.45, 2.75) is 44.6 Å². The average Bonchev–Trinajstić information content (AvgIpc) is 2.49. The van der Waals surface area contributed by atoms with Crippen LogP contribution in [0.5, 0.6) is 0 Å². The van der Waals surface area contributed by atoms with Crippen LogP contribution in [0.1, 0.15) is 39.0 Å². The first kappa shape index (κ1) is 16.2. The Hall–Kier alpha value is -1.14. The van der Waals surface area contributed by atoms with Crippen LogP contribution >= 0.6 is 15.9 Å². The maximum Gasteiger partial charge on any atom is 0.319 e. The fourth-order valence-corrected chi connectivity index (χ4v) is 3.12. The molecule has 2 rings (SSSR count). The number of amides is 2. The molecule has 1 saturated carbocycles. The molecule has 0 saturated heterocycles. The van der Waals surface area contributed by atoms with Gasteiger partial charge in [0.1, 0.15) is 0 Å². The van der Waals surface area contributed by atoms with Crippen molar-refractivity contribution in [3.05, 3.63) is 22.9 Å². The summed E-state index contributed by atoms with van der Waals surface area (Å²) in [5.74, 6) is 0.263. The van der Waals surface area contributed by atoms with E-state index in [-0.39, 0.29) is 18.5 Å². The van der Waals surface area contributed by atoms with Gasteiger partial charge in [-0.1, -0.05) is 19.3 Å². The molecule has 5 nitrogen and oxygen atoms in total. The van der Waals surface area contributed by atoms with Gasteiger partial charge in [0.2, 0.25) is 0 Å². The Kier molecular flexibility index (Phi) is 5.58. The Morgan fingerprint density at radius 3 is 2.86 bits per heavy atom. The molecular formula is C15H22BrN3O2. The molecule has 116 valence electrons. The van der Waals surface area contributed by atoms with E-state index in [1.807, 2.05) is 6.92 Å². The number of hydrogen-bond donors (Lipinski definition) is 3. The molecule has 2 amide bonds. The monoisotopic (exact) mass is 355 g/mol. The van der Waals surface area contributed by atoms with Crippen molar-refractivity contribution in [2.24, 2.45) is 5.92 Å². The van der Waals surface area contributed by atoms with Crippen LogP contribution in [0.25, 0.3) is 0 Å². The molecule has 3 N–H and O–H groups in total. The maximum atomic E-state index is 11.9. The molecule has 0 spiro atoms. The number of aliphatic hydroxyl groups is 1. The number of rotatable bonds is 4. The van der Waals surface area contributed by atoms with Crippen molar-refractivity contribution in [1.82, 2.24) is 10.3 Å². The van der Waals surface area contributed by atoms with Crippen LogP contribution in [0.15, 0.2) is 22.9 Å². The third-order valence-electron chi connectivity index (χ3n) is 4.11. The van der Waals surface area contributed by atoms with Gasteiger partial charge in [-0.2, -0.15) is 0 Å². The van der Waals surface area contributed by atoms with Crippen LogP contribution in [-0.4, -0.2) is 28.3 Å². The number of nitrogens with zero attached hydrogens (tertiary/aromatic N) is 1. The largest absolute Gasteiger partial charge is 0.388 e. The number of anilines is 1. The average molecular weight is 356 g/mol. The zero-order chi connectivity index (χ0) is 15.3. The summed E-state index contributed by atoms with van der Waals surface area (Å²) in [5, 5.41) is 16.0. The minimum Gasteiger partial charge on any atom is -0.388 e. The van der Waals surface area contributed by atoms with E-state index in [1.54, 1.807) is 18.5 Å². The first-order valence-electron chi connectivity index (χ1n) is 7.36. The van der Waals surface area contributed by atoms with Gasteiger partial charge in [0.05, 0.1) is 15.8 Å². The van der Waals surface area contributed by atoms with E-state index in [4.69, 9.17) is 0 Å². The normalized spacial score (nSPS) is 18.8. The van der Waals surface area contributed by atoms with Crippen molar-refractivity contribution in [1.29, 1.82) is 0 Å². The lowest BCUT2D eigenvalue weighted by Crippen LogP contribution is -2.47. The number of carbonyl (C=O) groups is 1. The van der Waals surface area contributed by atoms with E-state index in [0.29, 0.717) is 5.69 Å². The second-order valence-corrected chi connectivity index (χ2v) is 6.71. The van der Waals surface area contributed by atoms with Crippen LogP contribution in [0.2, 0.25) is 0 Å². The number of carbonyl (C=O) groups excluding carboxylic acids is 1. The summed E-state index contributed by atoms with van der Waals surface area (Å²) < 4.78 is 0.721. The van der Waals surface area contributed by atoms with Gasteiger partial charge in [-0.15, -0.1) is 0 Å². The molecule has 1 atom stereocenters. The summed E-state index contributed by atoms with van der Waals surface area (Å²) in [6, 6.07) is 1.39. The topological polar surface area (TPSA) is 74.2 Å². The van der Waals surface area contributed by atoms with Gasteiger partial charge in [-0.25, -0.2) is 4.79 Å². The number of aromatic nitrogens is 1. The molecule has 1 unspecified atom stereocenters. The Bertz CT molecular complexity index is 488. The van der Waals surface area contributed by atoms with Crippen molar-refractivity contribution in [3.8, 4) is 0 Å². The van der Waals surface area contributed by atoms with Crippen molar-refractivity contribution < 1.29 is 9.90 Å². The highest BCUT2D eigenvalue weighted by Gasteiger charge is 2.33. The summed E-state index contributed by atoms with van der Waals surface area (Å²) in [4.78, 5) is 15.9. The first-order valence-corrected chi connectivity index (χ1v) is 8.15. The SMILES string of the molecule is CC(O)(CNC(=O)Nc1ccncc1Br)C1CCCCC1. The molecular weight excluding hydrogens is 334 g/mol. The van der Waals surface area contributed by atoms with Gasteiger partial charge in [0.15, 0.2) is 0 Å². The van der Waals surface area contributed by atoms with E-state index in [2.05, 4.69) is 31.5 Å². The molecule has 1 aromatic rings. The standard InChI is InChI=1S/C15H22BrN3O2/c1-15(21,11-5-3-2-4-6-11)10-18-14(20)19-13-7-8-17-9-12(13)16/h7-9,11,21H,2-6,10H2,1H3,(H2,17,18,19,20). The second kappa shape index (κ2) is 7.22. The lowest BCUT2D eigenvalue weighted by atomic mass is 9.78. The molecule has 21 heavy (non-hydrogen) atoms. The van der Waals surface area contributed by atoms with Gasteiger partial charge < -0.3 is 15.7 Å². The molecule has 0 radical (unpaired) electrons. The van der Waals surface area contributed by atoms with Crippen molar-refractivity contribution >= 4 is 27.6 Å². The van der Waals surface area contributed by atoms with Crippen molar-refractivity contribution in [3.63, 3.8) is 0 Å². The number of urea groups is 1. The van der Waals surface area contributed by atoms with Gasteiger partial charge >= 0.3 is 6.03 Å². The number of halogens is 1. The Morgan fingerprint density at radius 1 is 1.48 bits per heavy atom. The fraction of sp³-hybridized carbons (Fsp3) is 0.600. The molecule has 1 heterocycles. The number of pyridine rings is 1. The number of nitrogens with one attached hydrogen (secondary N) is 2. The molecule has 6 heteroatoms. The smallest absolute Gasteiger partial charge is 0.319 e. The Balaban J connectivity index is 1.84. The highest BCUT2D eigenvalue weighted by molar-refractivity contribution is 9.10. The van der Waals surface area contributed by atoms with Crippen LogP contribution < -0.4 is 10.6 Å². The maximum absolute atomic E-state index is 11.9. The summed E-state index contributed by atoms with van der Waals surface area (Å²) in [7, 11) is 0. The quantitative estimate of drug-likeness (QED) is 0.775. The van der Waals surface area contributed by atoms with Gasteiger partial charge in [-0.05, 0) is 47.7 Å². The highest BCUT2D eigenvalue weighted by Crippen LogP contribution is 2.32. The summed E-state index contributed by atoms with van der Waals surface area (Å²) >= 11 is 3.32. The van der Waals surface area contributed by atoms with E-state index >= 15 is 0 Å². The second-order valence-electron chi connectivity index (χ2n) is 5.86. The Morgan fingerprint density at radius 2 is 2.19 bits per heavy atom. The summed E-state index contributed by atoms with van der Waals surface area (Å²) in [5.41, 5.74) is -0.201. The highest BCUT2D eigenvalue weighted by atomic mass is 79.9. The fourth-order valence-electron chi connectivity index (χ4n) is 2.77. The van der Waals surface area contributed by atoms with Gasteiger partial charge in [-0.3, -0.25) is 4.98 Å². The van der Waals surface area contributed by atoms with Crippen molar-refractivity contribution in [2.75, 3.05) is 11.9 Å². The predicted molar refractivity (Wildman–Crippen MR) is 86.2 cm³/mol. The van der Waals surface area contributed by atoms with Gasteiger partial charge in [0, 0.05) is 18.9 Å². The zero-order valence-corrected chi connectivity index (χ0v) is 13.8. The molecule has 1 fully saturated rings. The predicted octanol–water partition coefficient (Wildman–Crippen LogP) is 3.30. The summed E-state index contributed by atoms with van der Waals surface area (Å²) in [6.45, 7) is 2.07. The zero-order valence-electron chi connectivity index (χ0n) is 12.2. The lowest BCUT2D eigenvalue weighted by molar-refractivity contribution is -0.0127. The minimum atomic E-state index is -0.854. The molecule has 1 aliphatic carbocycles. The molecule has 0 bridgehead atoms. The first-order chi connectivity index (χ1) is 9.99. The Labute approximate surface area is 133 Å².